The third kappa shape index (κ3) is 2.11. The maximum Gasteiger partial charge on any atom is 0.256 e. The van der Waals surface area contributed by atoms with Crippen molar-refractivity contribution < 1.29 is 9.53 Å². The van der Waals surface area contributed by atoms with Gasteiger partial charge in [0.2, 0.25) is 0 Å². The van der Waals surface area contributed by atoms with E-state index in [0.717, 1.165) is 16.6 Å². The van der Waals surface area contributed by atoms with Gasteiger partial charge in [0.1, 0.15) is 0 Å². The van der Waals surface area contributed by atoms with Gasteiger partial charge in [-0.25, -0.2) is 0 Å². The molecule has 0 bridgehead atoms. The van der Waals surface area contributed by atoms with Crippen LogP contribution in [-0.2, 0) is 4.74 Å². The van der Waals surface area contributed by atoms with Crippen LogP contribution in [0.2, 0.25) is 5.02 Å². The number of hydrogen-bond donors (Lipinski definition) is 1. The third-order valence-corrected chi connectivity index (χ3v) is 3.79. The van der Waals surface area contributed by atoms with Crippen molar-refractivity contribution >= 4 is 28.4 Å². The number of rotatable bonds is 1. The number of nitrogens with one attached hydrogen (secondary N) is 1. The number of amides is 1. The Labute approximate surface area is 116 Å². The summed E-state index contributed by atoms with van der Waals surface area (Å²) in [5.41, 5.74) is 2.45. The van der Waals surface area contributed by atoms with Gasteiger partial charge in [0, 0.05) is 29.7 Å². The van der Waals surface area contributed by atoms with Gasteiger partial charge in [0.25, 0.3) is 5.91 Å². The highest BCUT2D eigenvalue weighted by molar-refractivity contribution is 6.37. The summed E-state index contributed by atoms with van der Waals surface area (Å²) in [4.78, 5) is 17.7. The van der Waals surface area contributed by atoms with Crippen LogP contribution in [0.3, 0.4) is 0 Å². The monoisotopic (exact) mass is 278 g/mol. The van der Waals surface area contributed by atoms with E-state index in [1.807, 2.05) is 30.0 Å². The first-order valence-corrected chi connectivity index (χ1v) is 6.70. The molecule has 2 aromatic rings. The standard InChI is InChI=1S/C14H15ClN2O2/c1-9-12(14(18)17-5-7-19-8-6-17)13-10(15)3-2-4-11(13)16-9/h2-4,16H,5-8H2,1H3. The smallest absolute Gasteiger partial charge is 0.256 e. The molecule has 1 aromatic heterocycles. The fraction of sp³-hybridized carbons (Fsp3) is 0.357. The molecule has 4 nitrogen and oxygen atoms in total. The zero-order valence-electron chi connectivity index (χ0n) is 10.7. The molecule has 1 N–H and O–H groups in total. The Kier molecular flexibility index (Phi) is 3.21. The molecule has 1 aliphatic heterocycles. The van der Waals surface area contributed by atoms with E-state index >= 15 is 0 Å². The van der Waals surface area contributed by atoms with Crippen molar-refractivity contribution in [3.63, 3.8) is 0 Å². The van der Waals surface area contributed by atoms with Crippen LogP contribution in [0.15, 0.2) is 18.2 Å². The number of carbonyl (C=O) groups is 1. The lowest BCUT2D eigenvalue weighted by Gasteiger charge is -2.27. The van der Waals surface area contributed by atoms with Gasteiger partial charge in [-0.15, -0.1) is 0 Å². The Hall–Kier alpha value is -1.52. The van der Waals surface area contributed by atoms with Gasteiger partial charge in [-0.3, -0.25) is 4.79 Å². The van der Waals surface area contributed by atoms with E-state index in [2.05, 4.69) is 4.98 Å². The molecule has 1 saturated heterocycles. The summed E-state index contributed by atoms with van der Waals surface area (Å²) in [5, 5.41) is 1.43. The number of morpholine rings is 1. The number of hydrogen-bond acceptors (Lipinski definition) is 2. The van der Waals surface area contributed by atoms with Gasteiger partial charge < -0.3 is 14.6 Å². The maximum absolute atomic E-state index is 12.6. The van der Waals surface area contributed by atoms with Crippen LogP contribution in [0.25, 0.3) is 10.9 Å². The second kappa shape index (κ2) is 4.87. The Morgan fingerprint density at radius 3 is 2.84 bits per heavy atom. The quantitative estimate of drug-likeness (QED) is 0.871. The van der Waals surface area contributed by atoms with Crippen LogP contribution in [0.1, 0.15) is 16.1 Å². The molecule has 0 radical (unpaired) electrons. The van der Waals surface area contributed by atoms with Crippen molar-refractivity contribution in [1.82, 2.24) is 9.88 Å². The summed E-state index contributed by atoms with van der Waals surface area (Å²) in [6, 6.07) is 5.63. The summed E-state index contributed by atoms with van der Waals surface area (Å²) in [6.45, 7) is 4.37. The number of aromatic amines is 1. The Balaban J connectivity index is 2.08. The van der Waals surface area contributed by atoms with E-state index in [1.165, 1.54) is 0 Å². The van der Waals surface area contributed by atoms with E-state index in [0.29, 0.717) is 36.9 Å². The molecule has 2 heterocycles. The van der Waals surface area contributed by atoms with Gasteiger partial charge in [-0.1, -0.05) is 17.7 Å². The summed E-state index contributed by atoms with van der Waals surface area (Å²) in [6.07, 6.45) is 0. The number of carbonyl (C=O) groups excluding carboxylic acids is 1. The summed E-state index contributed by atoms with van der Waals surface area (Å²) >= 11 is 6.24. The highest BCUT2D eigenvalue weighted by atomic mass is 35.5. The number of fused-ring (bicyclic) bond motifs is 1. The van der Waals surface area contributed by atoms with E-state index in [1.54, 1.807) is 0 Å². The van der Waals surface area contributed by atoms with Crippen LogP contribution in [0.4, 0.5) is 0 Å². The van der Waals surface area contributed by atoms with Crippen molar-refractivity contribution in [2.45, 2.75) is 6.92 Å². The Morgan fingerprint density at radius 1 is 1.37 bits per heavy atom. The van der Waals surface area contributed by atoms with E-state index < -0.39 is 0 Å². The number of halogens is 1. The second-order valence-corrected chi connectivity index (χ2v) is 5.10. The van der Waals surface area contributed by atoms with Gasteiger partial charge in [0.05, 0.1) is 23.8 Å². The van der Waals surface area contributed by atoms with Gasteiger partial charge in [0.15, 0.2) is 0 Å². The number of ether oxygens (including phenoxy) is 1. The predicted octanol–water partition coefficient (Wildman–Crippen LogP) is 2.60. The minimum atomic E-state index is 0.0279. The summed E-state index contributed by atoms with van der Waals surface area (Å²) in [5.74, 6) is 0.0279. The molecule has 0 unspecified atom stereocenters. The normalized spacial score (nSPS) is 16.0. The summed E-state index contributed by atoms with van der Waals surface area (Å²) in [7, 11) is 0. The van der Waals surface area contributed by atoms with Crippen LogP contribution >= 0.6 is 11.6 Å². The van der Waals surface area contributed by atoms with Gasteiger partial charge >= 0.3 is 0 Å². The molecule has 3 rings (SSSR count). The molecule has 0 atom stereocenters. The number of aryl methyl sites for hydroxylation is 1. The minimum Gasteiger partial charge on any atom is -0.378 e. The average Bonchev–Trinajstić information content (AvgIpc) is 2.76. The van der Waals surface area contributed by atoms with Crippen LogP contribution in [0, 0.1) is 6.92 Å². The van der Waals surface area contributed by atoms with Crippen molar-refractivity contribution in [2.75, 3.05) is 26.3 Å². The first-order chi connectivity index (χ1) is 9.18. The summed E-state index contributed by atoms with van der Waals surface area (Å²) < 4.78 is 5.28. The van der Waals surface area contributed by atoms with E-state index in [-0.39, 0.29) is 5.91 Å². The highest BCUT2D eigenvalue weighted by Gasteiger charge is 2.24. The zero-order valence-corrected chi connectivity index (χ0v) is 11.5. The molecule has 1 fully saturated rings. The largest absolute Gasteiger partial charge is 0.378 e. The molecule has 5 heteroatoms. The lowest BCUT2D eigenvalue weighted by Crippen LogP contribution is -2.40. The molecule has 0 aliphatic carbocycles. The zero-order chi connectivity index (χ0) is 13.4. The molecule has 100 valence electrons. The third-order valence-electron chi connectivity index (χ3n) is 3.47. The van der Waals surface area contributed by atoms with E-state index in [9.17, 15) is 4.79 Å². The topological polar surface area (TPSA) is 45.3 Å². The molecule has 1 aromatic carbocycles. The van der Waals surface area contributed by atoms with Crippen molar-refractivity contribution in [3.05, 3.63) is 34.5 Å². The van der Waals surface area contributed by atoms with Crippen LogP contribution < -0.4 is 0 Å². The fourth-order valence-corrected chi connectivity index (χ4v) is 2.80. The molecular formula is C14H15ClN2O2. The first kappa shape index (κ1) is 12.5. The van der Waals surface area contributed by atoms with Crippen molar-refractivity contribution in [1.29, 1.82) is 0 Å². The lowest BCUT2D eigenvalue weighted by atomic mass is 10.1. The number of benzene rings is 1. The SMILES string of the molecule is Cc1[nH]c2cccc(Cl)c2c1C(=O)N1CCOCC1. The number of H-pyrrole nitrogens is 1. The molecule has 19 heavy (non-hydrogen) atoms. The van der Waals surface area contributed by atoms with Crippen LogP contribution in [0.5, 0.6) is 0 Å². The number of nitrogens with zero attached hydrogens (tertiary/aromatic N) is 1. The molecule has 1 aliphatic rings. The number of aromatic nitrogens is 1. The lowest BCUT2D eigenvalue weighted by molar-refractivity contribution is 0.0303. The Bertz CT molecular complexity index is 630. The fourth-order valence-electron chi connectivity index (χ4n) is 2.53. The maximum atomic E-state index is 12.6. The molecule has 0 spiro atoms. The molecular weight excluding hydrogens is 264 g/mol. The molecule has 0 saturated carbocycles. The van der Waals surface area contributed by atoms with Crippen molar-refractivity contribution in [2.24, 2.45) is 0 Å². The van der Waals surface area contributed by atoms with E-state index in [4.69, 9.17) is 16.3 Å². The first-order valence-electron chi connectivity index (χ1n) is 6.32. The minimum absolute atomic E-state index is 0.0279. The van der Waals surface area contributed by atoms with Gasteiger partial charge in [-0.05, 0) is 19.1 Å². The second-order valence-electron chi connectivity index (χ2n) is 4.69. The average molecular weight is 279 g/mol. The predicted molar refractivity (Wildman–Crippen MR) is 74.8 cm³/mol. The van der Waals surface area contributed by atoms with Crippen molar-refractivity contribution in [3.8, 4) is 0 Å². The van der Waals surface area contributed by atoms with Crippen LogP contribution in [-0.4, -0.2) is 42.1 Å². The Morgan fingerprint density at radius 2 is 2.11 bits per heavy atom. The molecule has 1 amide bonds. The van der Waals surface area contributed by atoms with Gasteiger partial charge in [-0.2, -0.15) is 0 Å². The highest BCUT2D eigenvalue weighted by Crippen LogP contribution is 2.30.